The quantitative estimate of drug-likeness (QED) is 0.613. The zero-order valence-corrected chi connectivity index (χ0v) is 17.2. The number of hydrogen-bond donors (Lipinski definition) is 0. The van der Waals surface area contributed by atoms with E-state index in [4.69, 9.17) is 4.74 Å². The number of carbonyl (C=O) groups is 1. The molecule has 154 valence electrons. The number of nitrogens with zero attached hydrogens (tertiary/aromatic N) is 5. The monoisotopic (exact) mass is 403 g/mol. The van der Waals surface area contributed by atoms with Crippen molar-refractivity contribution in [2.24, 2.45) is 0 Å². The van der Waals surface area contributed by atoms with Crippen molar-refractivity contribution < 1.29 is 9.53 Å². The normalized spacial score (nSPS) is 14.3. The third kappa shape index (κ3) is 4.51. The Balaban J connectivity index is 1.37. The number of hydrogen-bond acceptors (Lipinski definition) is 5. The number of methoxy groups -OCH3 is 1. The zero-order chi connectivity index (χ0) is 20.9. The topological polar surface area (TPSA) is 63.5 Å². The highest BCUT2D eigenvalue weighted by molar-refractivity contribution is 5.92. The van der Waals surface area contributed by atoms with Gasteiger partial charge in [0.2, 0.25) is 5.91 Å². The molecule has 1 aliphatic rings. The Bertz CT molecular complexity index is 1020. The van der Waals surface area contributed by atoms with Gasteiger partial charge in [0, 0.05) is 50.7 Å². The summed E-state index contributed by atoms with van der Waals surface area (Å²) in [5, 5.41) is 0. The van der Waals surface area contributed by atoms with Crippen molar-refractivity contribution in [3.8, 4) is 11.6 Å². The molecule has 0 saturated carbocycles. The van der Waals surface area contributed by atoms with Crippen molar-refractivity contribution in [1.29, 1.82) is 0 Å². The predicted molar refractivity (Wildman–Crippen MR) is 117 cm³/mol. The van der Waals surface area contributed by atoms with E-state index in [1.165, 1.54) is 0 Å². The SMILES string of the molecule is COc1ccc(/C=C/C(=O)N2CCN(c3cc(-n4cccc4)nc(C)n3)CC2)cc1. The minimum absolute atomic E-state index is 0.0253. The summed E-state index contributed by atoms with van der Waals surface area (Å²) in [6.07, 6.45) is 7.41. The van der Waals surface area contributed by atoms with Crippen molar-refractivity contribution in [3.05, 3.63) is 72.3 Å². The molecule has 0 bridgehead atoms. The van der Waals surface area contributed by atoms with E-state index < -0.39 is 0 Å². The molecule has 0 spiro atoms. The van der Waals surface area contributed by atoms with Crippen LogP contribution in [-0.2, 0) is 4.79 Å². The maximum absolute atomic E-state index is 12.6. The van der Waals surface area contributed by atoms with E-state index in [1.54, 1.807) is 13.2 Å². The largest absolute Gasteiger partial charge is 0.497 e. The van der Waals surface area contributed by atoms with E-state index in [2.05, 4.69) is 14.9 Å². The van der Waals surface area contributed by atoms with E-state index in [-0.39, 0.29) is 5.91 Å². The van der Waals surface area contributed by atoms with Crippen molar-refractivity contribution in [1.82, 2.24) is 19.4 Å². The first kappa shape index (κ1) is 19.7. The lowest BCUT2D eigenvalue weighted by atomic mass is 10.2. The molecule has 3 heterocycles. The Morgan fingerprint density at radius 3 is 2.33 bits per heavy atom. The van der Waals surface area contributed by atoms with Crippen LogP contribution in [0.2, 0.25) is 0 Å². The first-order chi connectivity index (χ1) is 14.6. The number of amides is 1. The van der Waals surface area contributed by atoms with Gasteiger partial charge in [0.05, 0.1) is 7.11 Å². The van der Waals surface area contributed by atoms with Gasteiger partial charge in [0.25, 0.3) is 0 Å². The van der Waals surface area contributed by atoms with Crippen LogP contribution in [0, 0.1) is 6.92 Å². The number of carbonyl (C=O) groups excluding carboxylic acids is 1. The van der Waals surface area contributed by atoms with Gasteiger partial charge in [-0.25, -0.2) is 9.97 Å². The lowest BCUT2D eigenvalue weighted by Gasteiger charge is -2.35. The fraction of sp³-hybridized carbons (Fsp3) is 0.261. The average molecular weight is 403 g/mol. The molecule has 7 heteroatoms. The van der Waals surface area contributed by atoms with Crippen LogP contribution in [0.5, 0.6) is 5.75 Å². The molecule has 0 N–H and O–H groups in total. The summed E-state index contributed by atoms with van der Waals surface area (Å²) in [5.74, 6) is 3.31. The third-order valence-corrected chi connectivity index (χ3v) is 5.13. The van der Waals surface area contributed by atoms with E-state index in [1.807, 2.05) is 77.3 Å². The molecule has 0 atom stereocenters. The molecule has 0 aliphatic carbocycles. The molecular weight excluding hydrogens is 378 g/mol. The highest BCUT2D eigenvalue weighted by atomic mass is 16.5. The number of benzene rings is 1. The second kappa shape index (κ2) is 8.82. The Morgan fingerprint density at radius 2 is 1.67 bits per heavy atom. The second-order valence-corrected chi connectivity index (χ2v) is 7.14. The van der Waals surface area contributed by atoms with Crippen molar-refractivity contribution in [2.45, 2.75) is 6.92 Å². The summed E-state index contributed by atoms with van der Waals surface area (Å²) in [6.45, 7) is 4.70. The van der Waals surface area contributed by atoms with E-state index in [0.717, 1.165) is 41.9 Å². The number of anilines is 1. The fourth-order valence-electron chi connectivity index (χ4n) is 3.46. The molecule has 2 aromatic heterocycles. The summed E-state index contributed by atoms with van der Waals surface area (Å²) in [7, 11) is 1.64. The van der Waals surface area contributed by atoms with E-state index >= 15 is 0 Å². The molecule has 1 saturated heterocycles. The zero-order valence-electron chi connectivity index (χ0n) is 17.2. The highest BCUT2D eigenvalue weighted by Crippen LogP contribution is 2.18. The smallest absolute Gasteiger partial charge is 0.246 e. The minimum Gasteiger partial charge on any atom is -0.497 e. The molecule has 7 nitrogen and oxygen atoms in total. The van der Waals surface area contributed by atoms with Crippen LogP contribution in [0.3, 0.4) is 0 Å². The van der Waals surface area contributed by atoms with Gasteiger partial charge in [-0.3, -0.25) is 4.79 Å². The van der Waals surface area contributed by atoms with Crippen molar-refractivity contribution >= 4 is 17.8 Å². The molecule has 0 unspecified atom stereocenters. The Morgan fingerprint density at radius 1 is 1.00 bits per heavy atom. The van der Waals surface area contributed by atoms with Gasteiger partial charge in [-0.05, 0) is 42.8 Å². The average Bonchev–Trinajstić information content (AvgIpc) is 3.33. The summed E-state index contributed by atoms with van der Waals surface area (Å²) in [4.78, 5) is 25.8. The van der Waals surface area contributed by atoms with Gasteiger partial charge in [0.15, 0.2) is 0 Å². The maximum Gasteiger partial charge on any atom is 0.246 e. The maximum atomic E-state index is 12.6. The summed E-state index contributed by atoms with van der Waals surface area (Å²) >= 11 is 0. The Labute approximate surface area is 176 Å². The molecular formula is C23H25N5O2. The second-order valence-electron chi connectivity index (χ2n) is 7.14. The predicted octanol–water partition coefficient (Wildman–Crippen LogP) is 2.95. The standard InChI is InChI=1S/C23H25N5O2/c1-18-24-21(26-11-3-4-12-26)17-22(25-18)27-13-15-28(16-14-27)23(29)10-7-19-5-8-20(30-2)9-6-19/h3-12,17H,13-16H2,1-2H3/b10-7+. The van der Waals surface area contributed by atoms with Crippen LogP contribution in [-0.4, -0.2) is 58.6 Å². The fourth-order valence-corrected chi connectivity index (χ4v) is 3.46. The first-order valence-electron chi connectivity index (χ1n) is 9.97. The van der Waals surface area contributed by atoms with Crippen LogP contribution in [0.1, 0.15) is 11.4 Å². The van der Waals surface area contributed by atoms with Crippen LogP contribution in [0.4, 0.5) is 5.82 Å². The van der Waals surface area contributed by atoms with Gasteiger partial charge in [-0.2, -0.15) is 0 Å². The van der Waals surface area contributed by atoms with Crippen molar-refractivity contribution in [2.75, 3.05) is 38.2 Å². The molecule has 1 amide bonds. The van der Waals surface area contributed by atoms with Gasteiger partial charge in [-0.15, -0.1) is 0 Å². The summed E-state index contributed by atoms with van der Waals surface area (Å²) < 4.78 is 7.13. The molecule has 1 fully saturated rings. The molecule has 30 heavy (non-hydrogen) atoms. The Hall–Kier alpha value is -3.61. The van der Waals surface area contributed by atoms with Gasteiger partial charge in [-0.1, -0.05) is 12.1 Å². The van der Waals surface area contributed by atoms with Crippen LogP contribution >= 0.6 is 0 Å². The highest BCUT2D eigenvalue weighted by Gasteiger charge is 2.21. The number of ether oxygens (including phenoxy) is 1. The molecule has 0 radical (unpaired) electrons. The van der Waals surface area contributed by atoms with Gasteiger partial charge >= 0.3 is 0 Å². The number of piperazine rings is 1. The van der Waals surface area contributed by atoms with E-state index in [0.29, 0.717) is 13.1 Å². The summed E-state index contributed by atoms with van der Waals surface area (Å²) in [5.41, 5.74) is 0.969. The lowest BCUT2D eigenvalue weighted by molar-refractivity contribution is -0.126. The van der Waals surface area contributed by atoms with Gasteiger partial charge in [0.1, 0.15) is 23.2 Å². The molecule has 3 aromatic rings. The van der Waals surface area contributed by atoms with Crippen LogP contribution in [0.25, 0.3) is 11.9 Å². The van der Waals surface area contributed by atoms with Gasteiger partial charge < -0.3 is 19.1 Å². The number of aromatic nitrogens is 3. The summed E-state index contributed by atoms with van der Waals surface area (Å²) in [6, 6.07) is 13.6. The molecule has 1 aromatic carbocycles. The molecule has 4 rings (SSSR count). The Kier molecular flexibility index (Phi) is 5.79. The minimum atomic E-state index is 0.0253. The number of aryl methyl sites for hydroxylation is 1. The number of rotatable bonds is 5. The lowest BCUT2D eigenvalue weighted by Crippen LogP contribution is -2.48. The van der Waals surface area contributed by atoms with Crippen LogP contribution < -0.4 is 9.64 Å². The first-order valence-corrected chi connectivity index (χ1v) is 9.97. The molecule has 1 aliphatic heterocycles. The van der Waals surface area contributed by atoms with Crippen LogP contribution in [0.15, 0.2) is 60.9 Å². The van der Waals surface area contributed by atoms with Crippen molar-refractivity contribution in [3.63, 3.8) is 0 Å². The van der Waals surface area contributed by atoms with E-state index in [9.17, 15) is 4.79 Å². The third-order valence-electron chi connectivity index (χ3n) is 5.13.